The molecule has 0 aliphatic carbocycles. The van der Waals surface area contributed by atoms with Crippen molar-refractivity contribution < 1.29 is 17.2 Å². The van der Waals surface area contributed by atoms with Gasteiger partial charge in [-0.05, 0) is 0 Å². The van der Waals surface area contributed by atoms with Crippen LogP contribution in [0.5, 0.6) is 0 Å². The molecule has 0 saturated carbocycles. The summed E-state index contributed by atoms with van der Waals surface area (Å²) in [6.07, 6.45) is 3.09. The monoisotopic (exact) mass is 206 g/mol. The van der Waals surface area contributed by atoms with E-state index in [1.165, 1.54) is 0 Å². The van der Waals surface area contributed by atoms with Crippen molar-refractivity contribution in [2.75, 3.05) is 13.1 Å². The van der Waals surface area contributed by atoms with Crippen LogP contribution in [0.25, 0.3) is 0 Å². The highest BCUT2D eigenvalue weighted by atomic mass is 32.3. The molecule has 7 heteroatoms. The zero-order valence-corrected chi connectivity index (χ0v) is 7.57. The second-order valence-corrected chi connectivity index (χ2v) is 4.17. The van der Waals surface area contributed by atoms with Crippen molar-refractivity contribution in [2.24, 2.45) is 5.92 Å². The lowest BCUT2D eigenvalue weighted by atomic mass is 10.1. The second-order valence-electron chi connectivity index (χ2n) is 3.12. The van der Waals surface area contributed by atoms with Gasteiger partial charge in [0, 0.05) is 25.2 Å². The summed E-state index contributed by atoms with van der Waals surface area (Å²) in [6, 6.07) is 0. The van der Waals surface area contributed by atoms with Crippen molar-refractivity contribution in [3.05, 3.63) is 12.3 Å². The Hall–Kier alpha value is -0.630. The Morgan fingerprint density at radius 3 is 2.92 bits per heavy atom. The molecule has 1 saturated heterocycles. The Labute approximate surface area is 76.1 Å². The van der Waals surface area contributed by atoms with Crippen LogP contribution in [0, 0.1) is 5.92 Å². The first kappa shape index (κ1) is 8.95. The number of hydrogen-bond acceptors (Lipinski definition) is 5. The lowest BCUT2D eigenvalue weighted by Gasteiger charge is -2.17. The van der Waals surface area contributed by atoms with Gasteiger partial charge in [-0.15, -0.1) is 0 Å². The number of nitrogens with one attached hydrogen (secondary N) is 1. The zero-order chi connectivity index (χ0) is 9.47. The van der Waals surface area contributed by atoms with Crippen LogP contribution in [0.4, 0.5) is 0 Å². The molecular formula is C6H10N2O4S. The van der Waals surface area contributed by atoms with Crippen LogP contribution in [-0.2, 0) is 14.6 Å². The summed E-state index contributed by atoms with van der Waals surface area (Å²) >= 11 is 0. The molecule has 74 valence electrons. The maximum atomic E-state index is 10.4. The molecule has 0 radical (unpaired) electrons. The fraction of sp³-hybridized carbons (Fsp3) is 0.667. The van der Waals surface area contributed by atoms with Gasteiger partial charge in [-0.3, -0.25) is 4.55 Å². The maximum Gasteiger partial charge on any atom is 0.397 e. The van der Waals surface area contributed by atoms with Gasteiger partial charge in [0.1, 0.15) is 6.10 Å². The van der Waals surface area contributed by atoms with Crippen LogP contribution in [-0.4, -0.2) is 37.2 Å². The highest BCUT2D eigenvalue weighted by Gasteiger charge is 2.36. The van der Waals surface area contributed by atoms with Crippen LogP contribution < -0.4 is 5.43 Å². The van der Waals surface area contributed by atoms with E-state index in [0.29, 0.717) is 13.1 Å². The molecule has 2 rings (SSSR count). The van der Waals surface area contributed by atoms with Gasteiger partial charge in [0.25, 0.3) is 0 Å². The van der Waals surface area contributed by atoms with Crippen LogP contribution in [0.3, 0.4) is 0 Å². The van der Waals surface area contributed by atoms with Crippen LogP contribution in [0.2, 0.25) is 0 Å². The van der Waals surface area contributed by atoms with E-state index in [-0.39, 0.29) is 5.92 Å². The third kappa shape index (κ3) is 1.99. The smallest absolute Gasteiger partial charge is 0.326 e. The van der Waals surface area contributed by atoms with E-state index in [2.05, 4.69) is 9.61 Å². The molecule has 2 bridgehead atoms. The van der Waals surface area contributed by atoms with Crippen molar-refractivity contribution in [3.63, 3.8) is 0 Å². The number of fused-ring (bicyclic) bond motifs is 2. The first-order valence-corrected chi connectivity index (χ1v) is 5.24. The molecule has 0 amide bonds. The first-order chi connectivity index (χ1) is 6.04. The van der Waals surface area contributed by atoms with Gasteiger partial charge < -0.3 is 5.43 Å². The standard InChI is InChI=1S/C6H10N2O4S/c9-13(10,11)12-6-4-8-3-5(6)1-2-7-8/h1-2,5-7H,3-4H2,(H,9,10,11). The second kappa shape index (κ2) is 2.95. The van der Waals surface area contributed by atoms with Crippen LogP contribution in [0.1, 0.15) is 0 Å². The Bertz CT molecular complexity index is 326. The van der Waals surface area contributed by atoms with Gasteiger partial charge in [-0.25, -0.2) is 9.19 Å². The van der Waals surface area contributed by atoms with Gasteiger partial charge in [0.15, 0.2) is 0 Å². The minimum atomic E-state index is -4.33. The number of hydrazine groups is 1. The molecule has 2 heterocycles. The highest BCUT2D eigenvalue weighted by molar-refractivity contribution is 7.80. The molecule has 2 aliphatic rings. The molecule has 0 aromatic rings. The number of rotatable bonds is 2. The molecule has 2 N–H and O–H groups in total. The molecule has 2 aliphatic heterocycles. The summed E-state index contributed by atoms with van der Waals surface area (Å²) in [4.78, 5) is 0. The molecule has 13 heavy (non-hydrogen) atoms. The normalized spacial score (nSPS) is 37.5. The summed E-state index contributed by atoms with van der Waals surface area (Å²) in [5.41, 5.74) is 2.92. The van der Waals surface area contributed by atoms with Crippen LogP contribution >= 0.6 is 0 Å². The average molecular weight is 206 g/mol. The molecule has 3 atom stereocenters. The lowest BCUT2D eigenvalue weighted by Crippen LogP contribution is -2.34. The number of hydrogen-bond donors (Lipinski definition) is 2. The van der Waals surface area contributed by atoms with E-state index in [4.69, 9.17) is 4.55 Å². The summed E-state index contributed by atoms with van der Waals surface area (Å²) in [5, 5.41) is 1.83. The van der Waals surface area contributed by atoms with E-state index in [9.17, 15) is 8.42 Å². The third-order valence-electron chi connectivity index (χ3n) is 2.15. The largest absolute Gasteiger partial charge is 0.397 e. The van der Waals surface area contributed by atoms with Crippen LogP contribution in [0.15, 0.2) is 12.3 Å². The SMILES string of the molecule is O=S(=O)(O)OC1CN2CC1C=CN2. The zero-order valence-electron chi connectivity index (χ0n) is 6.75. The Kier molecular flexibility index (Phi) is 2.03. The van der Waals surface area contributed by atoms with E-state index in [1.54, 1.807) is 6.20 Å². The van der Waals surface area contributed by atoms with Crippen molar-refractivity contribution in [2.45, 2.75) is 6.10 Å². The van der Waals surface area contributed by atoms with Crippen molar-refractivity contribution in [3.8, 4) is 0 Å². The molecule has 6 nitrogen and oxygen atoms in total. The summed E-state index contributed by atoms with van der Waals surface area (Å²) in [7, 11) is -4.33. The van der Waals surface area contributed by atoms with Crippen molar-refractivity contribution in [1.82, 2.24) is 10.4 Å². The maximum absolute atomic E-state index is 10.4. The molecule has 3 unspecified atom stereocenters. The summed E-state index contributed by atoms with van der Waals surface area (Å²) in [5.74, 6) is 0.0307. The Morgan fingerprint density at radius 2 is 2.31 bits per heavy atom. The first-order valence-electron chi connectivity index (χ1n) is 3.88. The summed E-state index contributed by atoms with van der Waals surface area (Å²) in [6.45, 7) is 1.16. The average Bonchev–Trinajstić information content (AvgIpc) is 2.24. The van der Waals surface area contributed by atoms with Gasteiger partial charge in [-0.2, -0.15) is 8.42 Å². The van der Waals surface area contributed by atoms with E-state index in [0.717, 1.165) is 0 Å². The van der Waals surface area contributed by atoms with Crippen molar-refractivity contribution in [1.29, 1.82) is 0 Å². The molecule has 0 aromatic carbocycles. The molecule has 1 fully saturated rings. The number of nitrogens with zero attached hydrogens (tertiary/aromatic N) is 1. The third-order valence-corrected chi connectivity index (χ3v) is 2.65. The van der Waals surface area contributed by atoms with E-state index >= 15 is 0 Å². The minimum Gasteiger partial charge on any atom is -0.326 e. The van der Waals surface area contributed by atoms with Gasteiger partial charge in [-0.1, -0.05) is 6.08 Å². The Morgan fingerprint density at radius 1 is 1.54 bits per heavy atom. The fourth-order valence-corrected chi connectivity index (χ4v) is 2.14. The van der Waals surface area contributed by atoms with Gasteiger partial charge >= 0.3 is 10.4 Å². The van der Waals surface area contributed by atoms with E-state index in [1.807, 2.05) is 11.1 Å². The van der Waals surface area contributed by atoms with Gasteiger partial charge in [0.2, 0.25) is 0 Å². The predicted molar refractivity (Wildman–Crippen MR) is 43.8 cm³/mol. The molecular weight excluding hydrogens is 196 g/mol. The molecule has 0 spiro atoms. The van der Waals surface area contributed by atoms with Crippen molar-refractivity contribution >= 4 is 10.4 Å². The van der Waals surface area contributed by atoms with E-state index < -0.39 is 16.5 Å². The summed E-state index contributed by atoms with van der Waals surface area (Å²) < 4.78 is 33.9. The minimum absolute atomic E-state index is 0.0307. The van der Waals surface area contributed by atoms with Gasteiger partial charge in [0.05, 0.1) is 0 Å². The Balaban J connectivity index is 2.07. The highest BCUT2D eigenvalue weighted by Crippen LogP contribution is 2.23. The quantitative estimate of drug-likeness (QED) is 0.572. The predicted octanol–water partition coefficient (Wildman–Crippen LogP) is -0.862. The fourth-order valence-electron chi connectivity index (χ4n) is 1.62. The lowest BCUT2D eigenvalue weighted by molar-refractivity contribution is 0.164. The topological polar surface area (TPSA) is 78.9 Å². The molecule has 0 aromatic heterocycles.